The zero-order valence-electron chi connectivity index (χ0n) is 17.9. The zero-order chi connectivity index (χ0) is 22.2. The summed E-state index contributed by atoms with van der Waals surface area (Å²) in [7, 11) is 0. The number of urea groups is 1. The number of ether oxygens (including phenoxy) is 2. The Morgan fingerprint density at radius 3 is 2.45 bits per heavy atom. The highest BCUT2D eigenvalue weighted by molar-refractivity contribution is 9.10. The molecule has 0 unspecified atom stereocenters. The summed E-state index contributed by atoms with van der Waals surface area (Å²) in [6.07, 6.45) is 5.70. The first-order valence-corrected chi connectivity index (χ1v) is 11.6. The van der Waals surface area contributed by atoms with Gasteiger partial charge in [0.25, 0.3) is 5.91 Å². The van der Waals surface area contributed by atoms with Crippen molar-refractivity contribution >= 4 is 27.9 Å². The van der Waals surface area contributed by atoms with E-state index >= 15 is 0 Å². The zero-order valence-corrected chi connectivity index (χ0v) is 19.4. The third-order valence-electron chi connectivity index (χ3n) is 5.63. The van der Waals surface area contributed by atoms with Crippen molar-refractivity contribution in [2.75, 3.05) is 39.4 Å². The molecule has 1 saturated heterocycles. The van der Waals surface area contributed by atoms with E-state index in [-0.39, 0.29) is 24.6 Å². The molecule has 1 aromatic carbocycles. The number of benzene rings is 1. The van der Waals surface area contributed by atoms with Gasteiger partial charge in [0.1, 0.15) is 0 Å². The minimum atomic E-state index is -0.147. The minimum Gasteiger partial charge on any atom is -0.490 e. The molecule has 0 spiro atoms. The maximum atomic E-state index is 12.6. The van der Waals surface area contributed by atoms with Crippen LogP contribution < -0.4 is 14.8 Å². The van der Waals surface area contributed by atoms with Crippen molar-refractivity contribution in [2.45, 2.75) is 45.1 Å². The summed E-state index contributed by atoms with van der Waals surface area (Å²) in [6, 6.07) is 5.55. The molecule has 0 aromatic heterocycles. The summed E-state index contributed by atoms with van der Waals surface area (Å²) < 4.78 is 11.9. The molecule has 1 saturated carbocycles. The molecular weight excluding hydrogens is 464 g/mol. The lowest BCUT2D eigenvalue weighted by molar-refractivity contribution is -0.134. The number of hydrogen-bond acceptors (Lipinski definition) is 5. The van der Waals surface area contributed by atoms with Crippen LogP contribution in [0.3, 0.4) is 0 Å². The molecule has 1 aliphatic carbocycles. The van der Waals surface area contributed by atoms with Crippen LogP contribution in [0.15, 0.2) is 16.6 Å². The number of nitrogens with one attached hydrogen (secondary N) is 1. The van der Waals surface area contributed by atoms with Gasteiger partial charge in [-0.25, -0.2) is 4.79 Å². The molecule has 0 bridgehead atoms. The van der Waals surface area contributed by atoms with E-state index in [9.17, 15) is 9.59 Å². The number of carbonyl (C=O) groups is 2. The Hall–Kier alpha value is -2.47. The summed E-state index contributed by atoms with van der Waals surface area (Å²) >= 11 is 3.39. The third-order valence-corrected chi connectivity index (χ3v) is 6.22. The van der Waals surface area contributed by atoms with Crippen LogP contribution in [-0.4, -0.2) is 67.2 Å². The summed E-state index contributed by atoms with van der Waals surface area (Å²) in [5.41, 5.74) is 0.441. The van der Waals surface area contributed by atoms with Crippen LogP contribution in [0.5, 0.6) is 11.5 Å². The number of carbonyl (C=O) groups excluding carboxylic acids is 2. The fourth-order valence-corrected chi connectivity index (χ4v) is 4.49. The Morgan fingerprint density at radius 2 is 1.81 bits per heavy atom. The predicted molar refractivity (Wildman–Crippen MR) is 119 cm³/mol. The van der Waals surface area contributed by atoms with Gasteiger partial charge >= 0.3 is 6.03 Å². The van der Waals surface area contributed by atoms with E-state index in [0.717, 1.165) is 12.8 Å². The second-order valence-electron chi connectivity index (χ2n) is 7.77. The Bertz CT molecular complexity index is 828. The monoisotopic (exact) mass is 492 g/mol. The van der Waals surface area contributed by atoms with Crippen molar-refractivity contribution in [1.82, 2.24) is 15.1 Å². The Balaban J connectivity index is 1.49. The second kappa shape index (κ2) is 11.2. The van der Waals surface area contributed by atoms with Crippen LogP contribution in [-0.2, 0) is 4.79 Å². The average Bonchev–Trinajstić information content (AvgIpc) is 2.79. The lowest BCUT2D eigenvalue weighted by Gasteiger charge is -2.36. The number of hydrogen-bond donors (Lipinski definition) is 1. The second-order valence-corrected chi connectivity index (χ2v) is 8.63. The molecule has 2 aliphatic rings. The molecule has 3 amide bonds. The van der Waals surface area contributed by atoms with Crippen LogP contribution in [0, 0.1) is 11.3 Å². The van der Waals surface area contributed by atoms with Gasteiger partial charge in [-0.1, -0.05) is 19.3 Å². The van der Waals surface area contributed by atoms with Crippen molar-refractivity contribution in [3.63, 3.8) is 0 Å². The summed E-state index contributed by atoms with van der Waals surface area (Å²) in [6.45, 7) is 4.09. The van der Waals surface area contributed by atoms with Crippen LogP contribution in [0.4, 0.5) is 4.79 Å². The summed E-state index contributed by atoms with van der Waals surface area (Å²) in [5, 5.41) is 12.3. The van der Waals surface area contributed by atoms with Crippen LogP contribution in [0.1, 0.15) is 44.6 Å². The van der Waals surface area contributed by atoms with Crippen LogP contribution in [0.2, 0.25) is 0 Å². The van der Waals surface area contributed by atoms with Crippen LogP contribution in [0.25, 0.3) is 0 Å². The molecule has 3 rings (SSSR count). The molecule has 168 valence electrons. The smallest absolute Gasteiger partial charge is 0.317 e. The first-order chi connectivity index (χ1) is 15.0. The predicted octanol–water partition coefficient (Wildman–Crippen LogP) is 3.28. The Morgan fingerprint density at radius 1 is 1.13 bits per heavy atom. The van der Waals surface area contributed by atoms with Gasteiger partial charge in [-0.3, -0.25) is 4.79 Å². The number of nitrogens with zero attached hydrogens (tertiary/aromatic N) is 3. The van der Waals surface area contributed by atoms with Gasteiger partial charge in [-0.05, 0) is 41.8 Å². The lowest BCUT2D eigenvalue weighted by Crippen LogP contribution is -2.55. The van der Waals surface area contributed by atoms with Crippen LogP contribution >= 0.6 is 15.9 Å². The van der Waals surface area contributed by atoms with Gasteiger partial charge in [-0.15, -0.1) is 0 Å². The lowest BCUT2D eigenvalue weighted by atomic mass is 9.96. The van der Waals surface area contributed by atoms with E-state index in [0.29, 0.717) is 54.3 Å². The van der Waals surface area contributed by atoms with Crippen molar-refractivity contribution < 1.29 is 19.1 Å². The Labute approximate surface area is 191 Å². The molecular formula is C22H29BrN4O4. The maximum Gasteiger partial charge on any atom is 0.317 e. The van der Waals surface area contributed by atoms with E-state index in [1.807, 2.05) is 6.92 Å². The number of rotatable bonds is 6. The number of amides is 3. The van der Waals surface area contributed by atoms with Gasteiger partial charge in [-0.2, -0.15) is 5.26 Å². The fraction of sp³-hybridized carbons (Fsp3) is 0.591. The van der Waals surface area contributed by atoms with Crippen molar-refractivity contribution in [3.05, 3.63) is 22.2 Å². The van der Waals surface area contributed by atoms with E-state index in [4.69, 9.17) is 14.7 Å². The third kappa shape index (κ3) is 6.26. The highest BCUT2D eigenvalue weighted by Gasteiger charge is 2.26. The normalized spacial score (nSPS) is 17.1. The Kier molecular flexibility index (Phi) is 8.41. The highest BCUT2D eigenvalue weighted by Crippen LogP contribution is 2.36. The van der Waals surface area contributed by atoms with Crippen molar-refractivity contribution in [2.24, 2.45) is 0 Å². The topological polar surface area (TPSA) is 94.9 Å². The largest absolute Gasteiger partial charge is 0.490 e. The SMILES string of the molecule is CCOc1cc(C#N)cc(Br)c1OCC(=O)N1CCN(C(=O)NC2CCCCC2)CC1. The first kappa shape index (κ1) is 23.2. The van der Waals surface area contributed by atoms with Gasteiger partial charge in [0, 0.05) is 38.3 Å². The van der Waals surface area contributed by atoms with Crippen molar-refractivity contribution in [1.29, 1.82) is 5.26 Å². The van der Waals surface area contributed by atoms with E-state index in [1.54, 1.807) is 21.9 Å². The average molecular weight is 493 g/mol. The molecule has 9 heteroatoms. The number of piperazine rings is 1. The van der Waals surface area contributed by atoms with Gasteiger partial charge in [0.2, 0.25) is 0 Å². The maximum absolute atomic E-state index is 12.6. The van der Waals surface area contributed by atoms with Gasteiger partial charge in [0.15, 0.2) is 18.1 Å². The molecule has 1 heterocycles. The molecule has 1 aromatic rings. The molecule has 8 nitrogen and oxygen atoms in total. The quantitative estimate of drug-likeness (QED) is 0.657. The van der Waals surface area contributed by atoms with E-state index < -0.39 is 0 Å². The summed E-state index contributed by atoms with van der Waals surface area (Å²) in [4.78, 5) is 28.6. The molecule has 1 N–H and O–H groups in total. The standard InChI is InChI=1S/C22H29BrN4O4/c1-2-30-19-13-16(14-24)12-18(23)21(19)31-15-20(28)26-8-10-27(11-9-26)22(29)25-17-6-4-3-5-7-17/h12-13,17H,2-11,15H2,1H3,(H,25,29). The summed E-state index contributed by atoms with van der Waals surface area (Å²) in [5.74, 6) is 0.677. The molecule has 0 radical (unpaired) electrons. The van der Waals surface area contributed by atoms with Crippen molar-refractivity contribution in [3.8, 4) is 17.6 Å². The number of halogens is 1. The van der Waals surface area contributed by atoms with E-state index in [2.05, 4.69) is 27.3 Å². The van der Waals surface area contributed by atoms with Gasteiger partial charge in [0.05, 0.1) is 22.7 Å². The first-order valence-electron chi connectivity index (χ1n) is 10.8. The fourth-order valence-electron chi connectivity index (χ4n) is 3.93. The molecule has 2 fully saturated rings. The minimum absolute atomic E-state index is 0.0295. The highest BCUT2D eigenvalue weighted by atomic mass is 79.9. The van der Waals surface area contributed by atoms with E-state index in [1.165, 1.54) is 19.3 Å². The van der Waals surface area contributed by atoms with Gasteiger partial charge < -0.3 is 24.6 Å². The number of nitriles is 1. The molecule has 31 heavy (non-hydrogen) atoms. The molecule has 0 atom stereocenters. The molecule has 1 aliphatic heterocycles.